The average molecular weight is 881 g/mol. The van der Waals surface area contributed by atoms with E-state index < -0.39 is 34.8 Å². The van der Waals surface area contributed by atoms with Crippen molar-refractivity contribution in [1.82, 2.24) is 15.1 Å². The molecule has 16 nitrogen and oxygen atoms in total. The molecule has 330 valence electrons. The summed E-state index contributed by atoms with van der Waals surface area (Å²) in [5.74, 6) is -0.832. The number of aliphatic hydroxyl groups is 1. The number of amides is 4. The van der Waals surface area contributed by atoms with E-state index in [4.69, 9.17) is 26.9 Å². The number of piperazine rings is 1. The van der Waals surface area contributed by atoms with E-state index in [2.05, 4.69) is 20.9 Å². The molecule has 0 saturated carbocycles. The van der Waals surface area contributed by atoms with Gasteiger partial charge in [-0.05, 0) is 99.1 Å². The van der Waals surface area contributed by atoms with Crippen molar-refractivity contribution in [2.24, 2.45) is 0 Å². The number of thiocarbonyl (C=S) groups is 1. The first-order chi connectivity index (χ1) is 29.4. The van der Waals surface area contributed by atoms with E-state index in [1.165, 1.54) is 6.07 Å². The highest BCUT2D eigenvalue weighted by molar-refractivity contribution is 7.81. The van der Waals surface area contributed by atoms with Crippen molar-refractivity contribution in [3.63, 3.8) is 0 Å². The second-order valence-corrected chi connectivity index (χ2v) is 15.5. The zero-order valence-corrected chi connectivity index (χ0v) is 35.0. The number of aliphatic hydroxyl groups excluding tert-OH is 1. The number of halogens is 3. The van der Waals surface area contributed by atoms with E-state index in [0.717, 1.165) is 22.6 Å². The summed E-state index contributed by atoms with van der Waals surface area (Å²) in [5, 5.41) is 34.7. The number of carbonyl (C=O) groups is 5. The van der Waals surface area contributed by atoms with Gasteiger partial charge < -0.3 is 30.5 Å². The summed E-state index contributed by atoms with van der Waals surface area (Å²) >= 11 is 5.70. The molecule has 2 atom stereocenters. The lowest BCUT2D eigenvalue weighted by atomic mass is 10.0. The topological polar surface area (TPSA) is 208 Å². The maximum atomic E-state index is 13.8. The Hall–Kier alpha value is -6.14. The van der Waals surface area contributed by atoms with Gasteiger partial charge in [0.25, 0.3) is 12.4 Å². The first-order valence-electron chi connectivity index (χ1n) is 19.7. The fourth-order valence-electron chi connectivity index (χ4n) is 7.55. The molecule has 3 aliphatic rings. The predicted octanol–water partition coefficient (Wildman–Crippen LogP) is 3.97. The third-order valence-corrected chi connectivity index (χ3v) is 11.0. The summed E-state index contributed by atoms with van der Waals surface area (Å²) in [7, 11) is 0. The van der Waals surface area contributed by atoms with Crippen LogP contribution in [-0.4, -0.2) is 119 Å². The Bertz CT molecular complexity index is 2240. The van der Waals surface area contributed by atoms with Crippen molar-refractivity contribution in [3.05, 3.63) is 77.4 Å². The van der Waals surface area contributed by atoms with Crippen molar-refractivity contribution in [1.29, 1.82) is 5.26 Å². The number of carbonyl (C=O) groups excluding carboxylic acids is 4. The number of carboxylic acid groups (broad SMARTS) is 1. The number of imide groups is 1. The number of ether oxygens (including phenoxy) is 1. The third kappa shape index (κ3) is 10.8. The minimum atomic E-state index is -4.81. The molecule has 62 heavy (non-hydrogen) atoms. The fourth-order valence-corrected chi connectivity index (χ4v) is 8.07. The summed E-state index contributed by atoms with van der Waals surface area (Å²) in [6.45, 7) is 7.38. The molecule has 3 heterocycles. The number of hydrogen-bond acceptors (Lipinski definition) is 12. The second-order valence-electron chi connectivity index (χ2n) is 15.1. The van der Waals surface area contributed by atoms with Crippen LogP contribution in [0.4, 0.5) is 35.9 Å². The first-order valence-corrected chi connectivity index (χ1v) is 20.1. The number of benzene rings is 3. The van der Waals surface area contributed by atoms with Crippen LogP contribution >= 0.6 is 12.2 Å². The van der Waals surface area contributed by atoms with Crippen molar-refractivity contribution in [3.8, 4) is 11.8 Å². The summed E-state index contributed by atoms with van der Waals surface area (Å²) < 4.78 is 47.6. The van der Waals surface area contributed by atoms with Crippen LogP contribution in [0.1, 0.15) is 50.3 Å². The number of nitrogens with zero attached hydrogens (tertiary/aromatic N) is 5. The molecule has 0 bridgehead atoms. The van der Waals surface area contributed by atoms with Crippen molar-refractivity contribution >= 4 is 70.2 Å². The molecular weight excluding hydrogens is 834 g/mol. The Balaban J connectivity index is 0.00000235. The van der Waals surface area contributed by atoms with E-state index in [9.17, 15) is 42.7 Å². The highest BCUT2D eigenvalue weighted by Crippen LogP contribution is 2.40. The molecule has 1 unspecified atom stereocenters. The maximum Gasteiger partial charge on any atom is 0.417 e. The summed E-state index contributed by atoms with van der Waals surface area (Å²) in [6.07, 6.45) is -3.62. The molecule has 6 rings (SSSR count). The molecule has 3 aromatic carbocycles. The number of piperidine rings is 1. The van der Waals surface area contributed by atoms with Gasteiger partial charge in [0.05, 0.1) is 36.0 Å². The van der Waals surface area contributed by atoms with E-state index in [0.29, 0.717) is 68.4 Å². The van der Waals surface area contributed by atoms with Gasteiger partial charge in [-0.25, -0.2) is 0 Å². The zero-order chi connectivity index (χ0) is 45.4. The van der Waals surface area contributed by atoms with Gasteiger partial charge in [-0.1, -0.05) is 13.0 Å². The molecule has 0 aliphatic carbocycles. The van der Waals surface area contributed by atoms with Gasteiger partial charge >= 0.3 is 6.18 Å². The number of hydrogen-bond donors (Lipinski definition) is 5. The Morgan fingerprint density at radius 2 is 1.79 bits per heavy atom. The van der Waals surface area contributed by atoms with Crippen molar-refractivity contribution in [2.75, 3.05) is 66.4 Å². The quantitative estimate of drug-likeness (QED) is 0.0936. The lowest BCUT2D eigenvalue weighted by Crippen LogP contribution is -2.56. The number of aryl methyl sites for hydroxylation is 1. The Morgan fingerprint density at radius 1 is 1.08 bits per heavy atom. The molecular formula is C42H47F3N8O8S. The molecule has 20 heteroatoms. The normalized spacial score (nSPS) is 19.3. The zero-order valence-electron chi connectivity index (χ0n) is 34.2. The molecule has 3 aliphatic heterocycles. The average Bonchev–Trinajstić information content (AvgIpc) is 3.40. The van der Waals surface area contributed by atoms with Gasteiger partial charge in [-0.2, -0.15) is 18.4 Å². The maximum absolute atomic E-state index is 13.8. The van der Waals surface area contributed by atoms with Crippen LogP contribution in [0.3, 0.4) is 0 Å². The molecule has 3 aromatic rings. The second kappa shape index (κ2) is 20.2. The van der Waals surface area contributed by atoms with Crippen LogP contribution in [-0.2, 0) is 36.6 Å². The van der Waals surface area contributed by atoms with Crippen LogP contribution in [0.2, 0.25) is 0 Å². The lowest BCUT2D eigenvalue weighted by Gasteiger charge is -2.40. The fraction of sp³-hybridized carbons (Fsp3) is 0.405. The van der Waals surface area contributed by atoms with E-state index >= 15 is 0 Å². The number of alkyl halides is 3. The van der Waals surface area contributed by atoms with Crippen LogP contribution in [0.5, 0.6) is 5.75 Å². The van der Waals surface area contributed by atoms with Gasteiger partial charge in [0.1, 0.15) is 23.9 Å². The van der Waals surface area contributed by atoms with E-state index in [-0.39, 0.29) is 60.6 Å². The molecule has 3 saturated heterocycles. The van der Waals surface area contributed by atoms with E-state index in [1.54, 1.807) is 61.2 Å². The highest BCUT2D eigenvalue weighted by Gasteiger charge is 2.51. The number of nitrogens with one attached hydrogen (secondary N) is 3. The molecule has 5 N–H and O–H groups in total. The Labute approximate surface area is 361 Å². The first kappa shape index (κ1) is 46.9. The molecule has 0 aromatic heterocycles. The lowest BCUT2D eigenvalue weighted by molar-refractivity contribution is -0.138. The minimum absolute atomic E-state index is 0.00578. The standard InChI is InChI=1S/C41H45F3N8O6S.CH2O2/c1-4-25-18-30(52-39(59)51(38(57)40(52,2)3)29-9-8-26(21-45)32(20-29)41(42,43)44)10-12-34(25)58-17-16-50-15-14-49(22-31(50)24-53)23-36(55)47-28-7-5-6-27(19-28)46-33-11-13-35(54)48-37(33)56;2-1-3/h5-10,12,18-20,31,33,46,53H,4,11,13-17,22-24H2,1-3H3,(H,47,55)(H,48,54,56);1H,(H,2,3)/t31-,33?;/m1./s1. The van der Waals surface area contributed by atoms with Crippen molar-refractivity contribution in [2.45, 2.75) is 63.8 Å². The van der Waals surface area contributed by atoms with Crippen LogP contribution in [0, 0.1) is 11.3 Å². The molecule has 4 amide bonds. The minimum Gasteiger partial charge on any atom is -0.492 e. The molecule has 0 spiro atoms. The Morgan fingerprint density at radius 3 is 2.45 bits per heavy atom. The van der Waals surface area contributed by atoms with Crippen molar-refractivity contribution < 1.29 is 52.1 Å². The monoisotopic (exact) mass is 880 g/mol. The van der Waals surface area contributed by atoms with Gasteiger partial charge in [0.2, 0.25) is 17.7 Å². The van der Waals surface area contributed by atoms with Gasteiger partial charge in [-0.3, -0.25) is 44.0 Å². The van der Waals surface area contributed by atoms with Gasteiger partial charge in [0.15, 0.2) is 5.11 Å². The predicted molar refractivity (Wildman–Crippen MR) is 227 cm³/mol. The number of rotatable bonds is 13. The Kier molecular flexibility index (Phi) is 15.3. The molecule has 3 fully saturated rings. The number of nitriles is 1. The number of anilines is 4. The van der Waals surface area contributed by atoms with Crippen LogP contribution < -0.4 is 30.5 Å². The molecule has 0 radical (unpaired) electrons. The summed E-state index contributed by atoms with van der Waals surface area (Å²) in [5.41, 5.74) is -0.499. The summed E-state index contributed by atoms with van der Waals surface area (Å²) in [6, 6.07) is 16.2. The smallest absolute Gasteiger partial charge is 0.417 e. The third-order valence-electron chi connectivity index (χ3n) is 10.7. The summed E-state index contributed by atoms with van der Waals surface area (Å²) in [4.78, 5) is 65.4. The SMILES string of the molecule is CCc1cc(N2C(=S)N(c3ccc(C#N)c(C(F)(F)F)c3)C(=O)C2(C)C)ccc1OCCN1CCN(CC(=O)Nc2cccc(NC3CCC(=O)NC3=O)c2)C[C@@H]1CO.O=CO. The van der Waals surface area contributed by atoms with Crippen LogP contribution in [0.25, 0.3) is 0 Å². The van der Waals surface area contributed by atoms with Gasteiger partial charge in [0, 0.05) is 55.7 Å². The van der Waals surface area contributed by atoms with Crippen LogP contribution in [0.15, 0.2) is 60.7 Å². The van der Waals surface area contributed by atoms with Gasteiger partial charge in [-0.15, -0.1) is 0 Å². The largest absolute Gasteiger partial charge is 0.492 e. The highest BCUT2D eigenvalue weighted by atomic mass is 32.1. The van der Waals surface area contributed by atoms with E-state index in [1.807, 2.05) is 17.9 Å².